The Balaban J connectivity index is 1.41. The number of hydrogen-bond donors (Lipinski definition) is 1. The molecule has 0 bridgehead atoms. The van der Waals surface area contributed by atoms with Gasteiger partial charge < -0.3 is 10.2 Å². The molecule has 1 amide bonds. The summed E-state index contributed by atoms with van der Waals surface area (Å²) in [7, 11) is -3.80. The van der Waals surface area contributed by atoms with Gasteiger partial charge in [-0.25, -0.2) is 12.8 Å². The van der Waals surface area contributed by atoms with Crippen molar-refractivity contribution in [3.8, 4) is 0 Å². The average Bonchev–Trinajstić information content (AvgIpc) is 3.35. The first-order valence-corrected chi connectivity index (χ1v) is 13.1. The summed E-state index contributed by atoms with van der Waals surface area (Å²) < 4.78 is 41.2. The molecular weight excluding hydrogens is 461 g/mol. The summed E-state index contributed by atoms with van der Waals surface area (Å²) in [4.78, 5) is 15.1. The molecule has 6 nitrogen and oxygen atoms in total. The smallest absolute Gasteiger partial charge is 0.263 e. The first kappa shape index (κ1) is 23.4. The number of hydrogen-bond acceptors (Lipinski definition) is 5. The van der Waals surface area contributed by atoms with E-state index in [2.05, 4.69) is 12.2 Å². The number of rotatable bonds is 7. The highest BCUT2D eigenvalue weighted by Gasteiger charge is 2.32. The number of aryl methyl sites for hydroxylation is 1. The lowest BCUT2D eigenvalue weighted by atomic mass is 10.1. The third-order valence-electron chi connectivity index (χ3n) is 5.77. The third kappa shape index (κ3) is 5.26. The van der Waals surface area contributed by atoms with E-state index in [0.29, 0.717) is 32.7 Å². The first-order valence-electron chi connectivity index (χ1n) is 10.8. The summed E-state index contributed by atoms with van der Waals surface area (Å²) in [5.41, 5.74) is 3.03. The zero-order valence-electron chi connectivity index (χ0n) is 18.3. The standard InChI is InChI=1S/C24H26FN3O3S2/c1-2-18-3-5-19(6-4-18)17-26-24(29)23-22(11-16-32-23)33(30,31)28-14-12-27(13-15-28)21-9-7-20(25)8-10-21/h3-11,16H,2,12-15,17H2,1H3,(H,26,29). The molecule has 0 spiro atoms. The second kappa shape index (κ2) is 10.0. The Morgan fingerprint density at radius 1 is 0.970 bits per heavy atom. The van der Waals surface area contributed by atoms with Gasteiger partial charge in [-0.15, -0.1) is 11.3 Å². The fourth-order valence-electron chi connectivity index (χ4n) is 3.80. The maximum Gasteiger partial charge on any atom is 0.263 e. The quantitative estimate of drug-likeness (QED) is 0.549. The molecule has 1 saturated heterocycles. The summed E-state index contributed by atoms with van der Waals surface area (Å²) in [5.74, 6) is -0.700. The number of nitrogens with zero attached hydrogens (tertiary/aromatic N) is 2. The molecule has 2 aromatic carbocycles. The Hall–Kier alpha value is -2.75. The molecule has 0 saturated carbocycles. The molecule has 2 heterocycles. The molecule has 0 atom stereocenters. The van der Waals surface area contributed by atoms with Crippen molar-refractivity contribution in [2.24, 2.45) is 0 Å². The monoisotopic (exact) mass is 487 g/mol. The first-order chi connectivity index (χ1) is 15.9. The molecular formula is C24H26FN3O3S2. The normalized spacial score (nSPS) is 14.9. The van der Waals surface area contributed by atoms with Gasteiger partial charge in [-0.3, -0.25) is 4.79 Å². The zero-order chi connectivity index (χ0) is 23.4. The highest BCUT2D eigenvalue weighted by Crippen LogP contribution is 2.27. The molecule has 1 fully saturated rings. The molecule has 9 heteroatoms. The largest absolute Gasteiger partial charge is 0.369 e. The zero-order valence-corrected chi connectivity index (χ0v) is 20.0. The predicted molar refractivity (Wildman–Crippen MR) is 129 cm³/mol. The van der Waals surface area contributed by atoms with Gasteiger partial charge in [0.2, 0.25) is 10.0 Å². The average molecular weight is 488 g/mol. The van der Waals surface area contributed by atoms with Gasteiger partial charge in [0.25, 0.3) is 5.91 Å². The van der Waals surface area contributed by atoms with Crippen molar-refractivity contribution in [2.75, 3.05) is 31.1 Å². The molecule has 1 aliphatic rings. The molecule has 0 aliphatic carbocycles. The summed E-state index contributed by atoms with van der Waals surface area (Å²) in [6, 6.07) is 15.6. The van der Waals surface area contributed by atoms with Gasteiger partial charge in [-0.1, -0.05) is 31.2 Å². The van der Waals surface area contributed by atoms with Crippen LogP contribution in [0.15, 0.2) is 64.9 Å². The molecule has 1 aliphatic heterocycles. The summed E-state index contributed by atoms with van der Waals surface area (Å²) in [6.45, 7) is 3.98. The third-order valence-corrected chi connectivity index (χ3v) is 8.75. The van der Waals surface area contributed by atoms with Crippen LogP contribution in [0.25, 0.3) is 0 Å². The van der Waals surface area contributed by atoms with E-state index in [1.807, 2.05) is 29.2 Å². The second-order valence-electron chi connectivity index (χ2n) is 7.83. The topological polar surface area (TPSA) is 69.7 Å². The van der Waals surface area contributed by atoms with Gasteiger partial charge >= 0.3 is 0 Å². The van der Waals surface area contributed by atoms with Crippen LogP contribution in [-0.4, -0.2) is 44.8 Å². The number of carbonyl (C=O) groups is 1. The minimum Gasteiger partial charge on any atom is -0.369 e. The van der Waals surface area contributed by atoms with Gasteiger partial charge in [0.1, 0.15) is 15.6 Å². The van der Waals surface area contributed by atoms with E-state index in [1.54, 1.807) is 17.5 Å². The number of amides is 1. The van der Waals surface area contributed by atoms with Crippen LogP contribution in [0.4, 0.5) is 10.1 Å². The van der Waals surface area contributed by atoms with Gasteiger partial charge in [-0.2, -0.15) is 4.31 Å². The SMILES string of the molecule is CCc1ccc(CNC(=O)c2sccc2S(=O)(=O)N2CCN(c3ccc(F)cc3)CC2)cc1. The lowest BCUT2D eigenvalue weighted by Crippen LogP contribution is -2.48. The Labute approximate surface area is 197 Å². The van der Waals surface area contributed by atoms with E-state index in [9.17, 15) is 17.6 Å². The number of halogens is 1. The van der Waals surface area contributed by atoms with Crippen LogP contribution in [0, 0.1) is 5.82 Å². The van der Waals surface area contributed by atoms with Crippen molar-refractivity contribution >= 4 is 33.0 Å². The van der Waals surface area contributed by atoms with Gasteiger partial charge in [0.15, 0.2) is 0 Å². The van der Waals surface area contributed by atoms with E-state index in [-0.39, 0.29) is 15.6 Å². The highest BCUT2D eigenvalue weighted by atomic mass is 32.2. The van der Waals surface area contributed by atoms with Crippen LogP contribution in [0.5, 0.6) is 0 Å². The number of sulfonamides is 1. The number of anilines is 1. The van der Waals surface area contributed by atoms with Crippen LogP contribution >= 0.6 is 11.3 Å². The fourth-order valence-corrected chi connectivity index (χ4v) is 6.54. The van der Waals surface area contributed by atoms with E-state index in [4.69, 9.17) is 0 Å². The molecule has 1 N–H and O–H groups in total. The lowest BCUT2D eigenvalue weighted by molar-refractivity contribution is 0.0952. The van der Waals surface area contributed by atoms with Crippen molar-refractivity contribution in [1.82, 2.24) is 9.62 Å². The van der Waals surface area contributed by atoms with Crippen molar-refractivity contribution in [2.45, 2.75) is 24.8 Å². The van der Waals surface area contributed by atoms with Crippen molar-refractivity contribution in [3.05, 3.63) is 81.8 Å². The Morgan fingerprint density at radius 2 is 1.61 bits per heavy atom. The maximum atomic E-state index is 13.3. The van der Waals surface area contributed by atoms with Crippen LogP contribution < -0.4 is 10.2 Å². The van der Waals surface area contributed by atoms with Crippen LogP contribution in [0.3, 0.4) is 0 Å². The number of nitrogens with one attached hydrogen (secondary N) is 1. The molecule has 4 rings (SSSR count). The number of piperazine rings is 1. The molecule has 3 aromatic rings. The fraction of sp³-hybridized carbons (Fsp3) is 0.292. The van der Waals surface area contributed by atoms with Crippen molar-refractivity contribution < 1.29 is 17.6 Å². The molecule has 0 unspecified atom stereocenters. The summed E-state index contributed by atoms with van der Waals surface area (Å²) in [5, 5.41) is 4.47. The molecule has 0 radical (unpaired) electrons. The number of thiophene rings is 1. The van der Waals surface area contributed by atoms with Crippen LogP contribution in [0.1, 0.15) is 27.7 Å². The van der Waals surface area contributed by atoms with Crippen LogP contribution in [-0.2, 0) is 23.0 Å². The van der Waals surface area contributed by atoms with Crippen LogP contribution in [0.2, 0.25) is 0 Å². The van der Waals surface area contributed by atoms with Crippen molar-refractivity contribution in [1.29, 1.82) is 0 Å². The minimum atomic E-state index is -3.80. The van der Waals surface area contributed by atoms with E-state index < -0.39 is 15.9 Å². The summed E-state index contributed by atoms with van der Waals surface area (Å²) in [6.07, 6.45) is 0.946. The Bertz CT molecular complexity index is 1200. The van der Waals surface area contributed by atoms with Gasteiger partial charge in [-0.05, 0) is 53.3 Å². The van der Waals surface area contributed by atoms with E-state index in [0.717, 1.165) is 29.0 Å². The highest BCUT2D eigenvalue weighted by molar-refractivity contribution is 7.89. The molecule has 33 heavy (non-hydrogen) atoms. The molecule has 174 valence electrons. The second-order valence-corrected chi connectivity index (χ2v) is 10.7. The summed E-state index contributed by atoms with van der Waals surface area (Å²) >= 11 is 1.12. The molecule has 1 aromatic heterocycles. The van der Waals surface area contributed by atoms with Crippen molar-refractivity contribution in [3.63, 3.8) is 0 Å². The maximum absolute atomic E-state index is 13.3. The van der Waals surface area contributed by atoms with E-state index in [1.165, 1.54) is 28.1 Å². The number of benzene rings is 2. The Kier molecular flexibility index (Phi) is 7.11. The van der Waals surface area contributed by atoms with Gasteiger partial charge in [0, 0.05) is 38.4 Å². The van der Waals surface area contributed by atoms with E-state index >= 15 is 0 Å². The minimum absolute atomic E-state index is 0.0431. The Morgan fingerprint density at radius 3 is 2.24 bits per heavy atom. The van der Waals surface area contributed by atoms with Gasteiger partial charge in [0.05, 0.1) is 0 Å². The lowest BCUT2D eigenvalue weighted by Gasteiger charge is -2.35. The predicted octanol–water partition coefficient (Wildman–Crippen LogP) is 3.89. The number of carbonyl (C=O) groups excluding carboxylic acids is 1.